The molecule has 21 heavy (non-hydrogen) atoms. The number of nitrogens with zero attached hydrogens (tertiary/aromatic N) is 1. The number of hydrogen-bond acceptors (Lipinski definition) is 3. The molecule has 1 aromatic rings. The van der Waals surface area contributed by atoms with E-state index >= 15 is 0 Å². The molecule has 1 heterocycles. The lowest BCUT2D eigenvalue weighted by atomic mass is 9.87. The van der Waals surface area contributed by atoms with E-state index < -0.39 is 0 Å². The predicted octanol–water partition coefficient (Wildman–Crippen LogP) is 2.12. The summed E-state index contributed by atoms with van der Waals surface area (Å²) >= 11 is 0. The molecule has 1 saturated carbocycles. The van der Waals surface area contributed by atoms with Crippen LogP contribution in [0, 0.1) is 17.3 Å². The summed E-state index contributed by atoms with van der Waals surface area (Å²) in [5.41, 5.74) is 1.31. The number of aromatic nitrogens is 1. The highest BCUT2D eigenvalue weighted by atomic mass is 16.2. The Morgan fingerprint density at radius 2 is 2.38 bits per heavy atom. The third-order valence-corrected chi connectivity index (χ3v) is 4.09. The molecule has 2 rings (SSSR count). The summed E-state index contributed by atoms with van der Waals surface area (Å²) in [7, 11) is 0. The van der Waals surface area contributed by atoms with Crippen LogP contribution in [0.5, 0.6) is 0 Å². The van der Waals surface area contributed by atoms with Crippen molar-refractivity contribution in [2.24, 2.45) is 5.41 Å². The zero-order chi connectivity index (χ0) is 15.3. The van der Waals surface area contributed by atoms with E-state index in [2.05, 4.69) is 36.0 Å². The molecule has 1 amide bonds. The standard InChI is InChI=1S/C17H22N2O2/c1-17(2)9-5-7-15(17)19-16(21)14-8-10-18-12-13(14)6-3-4-11-20/h8,10,12,15,20H,4-5,7,9,11H2,1-2H3,(H,19,21). The van der Waals surface area contributed by atoms with Gasteiger partial charge in [0, 0.05) is 24.9 Å². The molecular weight excluding hydrogens is 264 g/mol. The van der Waals surface area contributed by atoms with Crippen LogP contribution >= 0.6 is 0 Å². The molecule has 4 heteroatoms. The fourth-order valence-corrected chi connectivity index (χ4v) is 2.74. The smallest absolute Gasteiger partial charge is 0.252 e. The van der Waals surface area contributed by atoms with Gasteiger partial charge in [0.05, 0.1) is 17.7 Å². The second-order valence-corrected chi connectivity index (χ2v) is 6.10. The molecule has 2 N–H and O–H groups in total. The van der Waals surface area contributed by atoms with E-state index in [0.29, 0.717) is 17.5 Å². The number of aliphatic hydroxyl groups excluding tert-OH is 1. The van der Waals surface area contributed by atoms with Gasteiger partial charge in [-0.2, -0.15) is 0 Å². The highest BCUT2D eigenvalue weighted by molar-refractivity contribution is 5.96. The van der Waals surface area contributed by atoms with Crippen LogP contribution in [0.1, 0.15) is 55.5 Å². The maximum Gasteiger partial charge on any atom is 0.252 e. The van der Waals surface area contributed by atoms with Gasteiger partial charge < -0.3 is 10.4 Å². The number of hydrogen-bond donors (Lipinski definition) is 2. The number of aliphatic hydroxyl groups is 1. The van der Waals surface area contributed by atoms with Crippen LogP contribution in [0.25, 0.3) is 0 Å². The molecule has 0 spiro atoms. The van der Waals surface area contributed by atoms with Crippen molar-refractivity contribution in [2.75, 3.05) is 6.61 Å². The summed E-state index contributed by atoms with van der Waals surface area (Å²) in [6.45, 7) is 4.41. The van der Waals surface area contributed by atoms with E-state index in [-0.39, 0.29) is 24.0 Å². The van der Waals surface area contributed by atoms with E-state index in [4.69, 9.17) is 5.11 Å². The van der Waals surface area contributed by atoms with E-state index in [1.165, 1.54) is 0 Å². The van der Waals surface area contributed by atoms with Crippen molar-refractivity contribution in [3.8, 4) is 11.8 Å². The summed E-state index contributed by atoms with van der Waals surface area (Å²) in [4.78, 5) is 16.5. The first-order valence-corrected chi connectivity index (χ1v) is 7.39. The minimum Gasteiger partial charge on any atom is -0.395 e. The van der Waals surface area contributed by atoms with Crippen molar-refractivity contribution in [1.82, 2.24) is 10.3 Å². The highest BCUT2D eigenvalue weighted by Gasteiger charge is 2.35. The summed E-state index contributed by atoms with van der Waals surface area (Å²) in [5.74, 6) is 5.65. The second kappa shape index (κ2) is 6.73. The number of pyridine rings is 1. The van der Waals surface area contributed by atoms with Gasteiger partial charge in [0.25, 0.3) is 5.91 Å². The number of rotatable bonds is 3. The fourth-order valence-electron chi connectivity index (χ4n) is 2.74. The molecule has 1 atom stereocenters. The molecule has 1 fully saturated rings. The van der Waals surface area contributed by atoms with Gasteiger partial charge in [-0.1, -0.05) is 32.1 Å². The van der Waals surface area contributed by atoms with Crippen molar-refractivity contribution >= 4 is 5.91 Å². The van der Waals surface area contributed by atoms with Gasteiger partial charge in [-0.15, -0.1) is 0 Å². The zero-order valence-electron chi connectivity index (χ0n) is 12.6. The van der Waals surface area contributed by atoms with Gasteiger partial charge >= 0.3 is 0 Å². The van der Waals surface area contributed by atoms with Crippen molar-refractivity contribution in [1.29, 1.82) is 0 Å². The summed E-state index contributed by atoms with van der Waals surface area (Å²) in [6, 6.07) is 1.90. The third kappa shape index (κ3) is 3.83. The minimum atomic E-state index is -0.0920. The molecule has 0 saturated heterocycles. The van der Waals surface area contributed by atoms with Crippen LogP contribution in [-0.2, 0) is 0 Å². The van der Waals surface area contributed by atoms with Crippen molar-refractivity contribution in [3.63, 3.8) is 0 Å². The molecule has 0 bridgehead atoms. The SMILES string of the molecule is CC1(C)CCCC1NC(=O)c1ccncc1C#CCCO. The van der Waals surface area contributed by atoms with Crippen LogP contribution in [0.3, 0.4) is 0 Å². The van der Waals surface area contributed by atoms with Crippen molar-refractivity contribution in [2.45, 2.75) is 45.6 Å². The molecule has 0 radical (unpaired) electrons. The maximum absolute atomic E-state index is 12.5. The van der Waals surface area contributed by atoms with Crippen LogP contribution in [0.2, 0.25) is 0 Å². The molecule has 1 aromatic heterocycles. The zero-order valence-corrected chi connectivity index (χ0v) is 12.6. The third-order valence-electron chi connectivity index (χ3n) is 4.09. The molecule has 1 aliphatic carbocycles. The fraction of sp³-hybridized carbons (Fsp3) is 0.529. The summed E-state index contributed by atoms with van der Waals surface area (Å²) in [5, 5.41) is 11.9. The van der Waals surface area contributed by atoms with Gasteiger partial charge in [0.15, 0.2) is 0 Å². The lowest BCUT2D eigenvalue weighted by Gasteiger charge is -2.27. The Morgan fingerprint density at radius 1 is 1.57 bits per heavy atom. The largest absolute Gasteiger partial charge is 0.395 e. The van der Waals surface area contributed by atoms with Gasteiger partial charge in [-0.3, -0.25) is 9.78 Å². The number of amides is 1. The Morgan fingerprint density at radius 3 is 3.05 bits per heavy atom. The lowest BCUT2D eigenvalue weighted by Crippen LogP contribution is -2.41. The van der Waals surface area contributed by atoms with Crippen LogP contribution < -0.4 is 5.32 Å². The predicted molar refractivity (Wildman–Crippen MR) is 81.7 cm³/mol. The van der Waals surface area contributed by atoms with Crippen molar-refractivity contribution < 1.29 is 9.90 Å². The molecule has 1 aliphatic rings. The van der Waals surface area contributed by atoms with Gasteiger partial charge in [0.1, 0.15) is 0 Å². The number of nitrogens with one attached hydrogen (secondary N) is 1. The van der Waals surface area contributed by atoms with E-state index in [1.807, 2.05) is 0 Å². The van der Waals surface area contributed by atoms with Gasteiger partial charge in [-0.25, -0.2) is 0 Å². The Balaban J connectivity index is 2.15. The first kappa shape index (κ1) is 15.5. The molecule has 0 aliphatic heterocycles. The van der Waals surface area contributed by atoms with E-state index in [9.17, 15) is 4.79 Å². The second-order valence-electron chi connectivity index (χ2n) is 6.10. The molecule has 4 nitrogen and oxygen atoms in total. The van der Waals surface area contributed by atoms with Crippen LogP contribution in [-0.4, -0.2) is 28.6 Å². The normalized spacial score (nSPS) is 19.7. The first-order valence-electron chi connectivity index (χ1n) is 7.39. The Labute approximate surface area is 126 Å². The van der Waals surface area contributed by atoms with Crippen molar-refractivity contribution in [3.05, 3.63) is 29.6 Å². The Hall–Kier alpha value is -1.86. The van der Waals surface area contributed by atoms with Gasteiger partial charge in [-0.05, 0) is 24.3 Å². The quantitative estimate of drug-likeness (QED) is 0.837. The summed E-state index contributed by atoms with van der Waals surface area (Å²) < 4.78 is 0. The average Bonchev–Trinajstić information content (AvgIpc) is 2.78. The first-order chi connectivity index (χ1) is 10.0. The van der Waals surface area contributed by atoms with E-state index in [1.54, 1.807) is 18.5 Å². The topological polar surface area (TPSA) is 62.2 Å². The minimum absolute atomic E-state index is 0.0189. The van der Waals surface area contributed by atoms with Crippen LogP contribution in [0.4, 0.5) is 0 Å². The highest BCUT2D eigenvalue weighted by Crippen LogP contribution is 2.37. The number of carbonyl (C=O) groups excluding carboxylic acids is 1. The lowest BCUT2D eigenvalue weighted by molar-refractivity contribution is 0.0909. The van der Waals surface area contributed by atoms with E-state index in [0.717, 1.165) is 19.3 Å². The molecular formula is C17H22N2O2. The monoisotopic (exact) mass is 286 g/mol. The van der Waals surface area contributed by atoms with Gasteiger partial charge in [0.2, 0.25) is 0 Å². The van der Waals surface area contributed by atoms with Crippen LogP contribution in [0.15, 0.2) is 18.5 Å². The number of carbonyl (C=O) groups is 1. The Kier molecular flexibility index (Phi) is 4.98. The maximum atomic E-state index is 12.5. The summed E-state index contributed by atoms with van der Waals surface area (Å²) in [6.07, 6.45) is 6.90. The molecule has 112 valence electrons. The molecule has 1 unspecified atom stereocenters. The average molecular weight is 286 g/mol. The Bertz CT molecular complexity index is 570. The molecule has 0 aromatic carbocycles.